The summed E-state index contributed by atoms with van der Waals surface area (Å²) >= 11 is 3.83. The van der Waals surface area contributed by atoms with Crippen LogP contribution in [0.5, 0.6) is 0 Å². The van der Waals surface area contributed by atoms with Gasteiger partial charge >= 0.3 is 11.9 Å². The van der Waals surface area contributed by atoms with E-state index in [0.29, 0.717) is 12.8 Å². The largest absolute Gasteiger partial charge is 0.481 e. The highest BCUT2D eigenvalue weighted by Gasteiger charge is 2.37. The van der Waals surface area contributed by atoms with Crippen LogP contribution < -0.4 is 16.4 Å². The van der Waals surface area contributed by atoms with E-state index in [9.17, 15) is 24.0 Å². The van der Waals surface area contributed by atoms with Crippen LogP contribution in [0, 0.1) is 0 Å². The van der Waals surface area contributed by atoms with Crippen LogP contribution in [-0.4, -0.2) is 93.0 Å². The SMILES string of the molecule is NC(CO)C(=O)N1CCCC1C(=O)NC(CCC(=O)O)C(=O)NC(CS)C(=O)O. The topological polar surface area (TPSA) is 199 Å². The van der Waals surface area contributed by atoms with E-state index in [-0.39, 0.29) is 18.7 Å². The van der Waals surface area contributed by atoms with Crippen molar-refractivity contribution in [2.45, 2.75) is 49.9 Å². The number of aliphatic hydroxyl groups is 1. The lowest BCUT2D eigenvalue weighted by atomic mass is 10.1. The number of aliphatic carboxylic acids is 2. The van der Waals surface area contributed by atoms with Crippen LogP contribution in [0.2, 0.25) is 0 Å². The molecule has 0 aromatic heterocycles. The van der Waals surface area contributed by atoms with Crippen LogP contribution in [0.15, 0.2) is 0 Å². The van der Waals surface area contributed by atoms with E-state index in [1.54, 1.807) is 0 Å². The van der Waals surface area contributed by atoms with Crippen molar-refractivity contribution in [2.24, 2.45) is 5.73 Å². The van der Waals surface area contributed by atoms with Crippen LogP contribution >= 0.6 is 12.6 Å². The lowest BCUT2D eigenvalue weighted by Crippen LogP contribution is -2.57. The number of hydrogen-bond acceptors (Lipinski definition) is 8. The fourth-order valence-corrected chi connectivity index (χ4v) is 3.10. The maximum atomic E-state index is 12.7. The van der Waals surface area contributed by atoms with Crippen molar-refractivity contribution in [3.05, 3.63) is 0 Å². The van der Waals surface area contributed by atoms with Gasteiger partial charge in [-0.1, -0.05) is 0 Å². The first-order chi connectivity index (χ1) is 13.6. The average Bonchev–Trinajstić information content (AvgIpc) is 3.17. The molecule has 0 radical (unpaired) electrons. The van der Waals surface area contributed by atoms with Crippen LogP contribution in [0.1, 0.15) is 25.7 Å². The molecule has 0 aromatic rings. The quantitative estimate of drug-likeness (QED) is 0.167. The first kappa shape index (κ1) is 24.7. The van der Waals surface area contributed by atoms with E-state index in [4.69, 9.17) is 21.1 Å². The number of carbonyl (C=O) groups excluding carboxylic acids is 3. The molecule has 1 aliphatic heterocycles. The Kier molecular flexibility index (Phi) is 9.85. The van der Waals surface area contributed by atoms with Gasteiger partial charge in [0.1, 0.15) is 24.2 Å². The van der Waals surface area contributed by atoms with Crippen LogP contribution in [0.3, 0.4) is 0 Å². The predicted molar refractivity (Wildman–Crippen MR) is 102 cm³/mol. The molecule has 4 atom stereocenters. The number of hydrogen-bond donors (Lipinski definition) is 7. The molecule has 7 N–H and O–H groups in total. The fraction of sp³-hybridized carbons (Fsp3) is 0.688. The lowest BCUT2D eigenvalue weighted by molar-refractivity contribution is -0.143. The molecule has 29 heavy (non-hydrogen) atoms. The number of carboxylic acid groups (broad SMARTS) is 2. The predicted octanol–water partition coefficient (Wildman–Crippen LogP) is -2.85. The molecule has 1 rings (SSSR count). The molecule has 13 heteroatoms. The van der Waals surface area contributed by atoms with Crippen LogP contribution in [0.25, 0.3) is 0 Å². The fourth-order valence-electron chi connectivity index (χ4n) is 2.86. The molecule has 3 amide bonds. The molecular weight excluding hydrogens is 408 g/mol. The summed E-state index contributed by atoms with van der Waals surface area (Å²) in [5.74, 6) is -4.91. The zero-order valence-corrected chi connectivity index (χ0v) is 16.5. The smallest absolute Gasteiger partial charge is 0.327 e. The zero-order chi connectivity index (χ0) is 22.1. The van der Waals surface area contributed by atoms with Gasteiger partial charge in [0.15, 0.2) is 0 Å². The molecule has 1 fully saturated rings. The number of nitrogens with zero attached hydrogens (tertiary/aromatic N) is 1. The Hall–Kier alpha value is -2.38. The second-order valence-corrected chi connectivity index (χ2v) is 6.92. The van der Waals surface area contributed by atoms with Crippen molar-refractivity contribution in [1.82, 2.24) is 15.5 Å². The highest BCUT2D eigenvalue weighted by molar-refractivity contribution is 7.80. The second kappa shape index (κ2) is 11.6. The lowest BCUT2D eigenvalue weighted by Gasteiger charge is -2.28. The number of carbonyl (C=O) groups is 5. The minimum Gasteiger partial charge on any atom is -0.481 e. The summed E-state index contributed by atoms with van der Waals surface area (Å²) in [6.07, 6.45) is 0.0917. The number of likely N-dealkylation sites (tertiary alicyclic amines) is 1. The van der Waals surface area contributed by atoms with Gasteiger partial charge < -0.3 is 36.6 Å². The minimum atomic E-state index is -1.33. The van der Waals surface area contributed by atoms with Gasteiger partial charge in [-0.05, 0) is 19.3 Å². The standard InChI is InChI=1S/C16H26N4O8S/c17-8(6-21)15(26)20-5-1-2-11(20)14(25)18-9(3-4-12(22)23)13(24)19-10(7-29)16(27)28/h8-11,21,29H,1-7,17H2,(H,18,25)(H,19,24)(H,22,23)(H,27,28). The Morgan fingerprint density at radius 2 is 1.79 bits per heavy atom. The summed E-state index contributed by atoms with van der Waals surface area (Å²) in [7, 11) is 0. The molecule has 0 bridgehead atoms. The van der Waals surface area contributed by atoms with E-state index in [2.05, 4.69) is 23.3 Å². The van der Waals surface area contributed by atoms with Crippen molar-refractivity contribution < 1.29 is 39.3 Å². The van der Waals surface area contributed by atoms with Gasteiger partial charge in [-0.25, -0.2) is 4.79 Å². The van der Waals surface area contributed by atoms with Crippen molar-refractivity contribution >= 4 is 42.3 Å². The normalized spacial score (nSPS) is 19.1. The molecule has 0 saturated carbocycles. The van der Waals surface area contributed by atoms with Gasteiger partial charge in [0.25, 0.3) is 0 Å². The van der Waals surface area contributed by atoms with E-state index in [1.165, 1.54) is 4.90 Å². The number of nitrogens with two attached hydrogens (primary N) is 1. The first-order valence-corrected chi connectivity index (χ1v) is 9.58. The monoisotopic (exact) mass is 434 g/mol. The third-order valence-electron chi connectivity index (χ3n) is 4.43. The average molecular weight is 434 g/mol. The molecule has 0 aliphatic carbocycles. The maximum Gasteiger partial charge on any atom is 0.327 e. The Labute approximate surface area is 172 Å². The van der Waals surface area contributed by atoms with E-state index >= 15 is 0 Å². The van der Waals surface area contributed by atoms with E-state index in [0.717, 1.165) is 0 Å². The van der Waals surface area contributed by atoms with Gasteiger partial charge in [0, 0.05) is 18.7 Å². The summed E-state index contributed by atoms with van der Waals surface area (Å²) in [5.41, 5.74) is 5.52. The number of carboxylic acids is 2. The Morgan fingerprint density at radius 1 is 1.14 bits per heavy atom. The van der Waals surface area contributed by atoms with Crippen LogP contribution in [-0.2, 0) is 24.0 Å². The maximum absolute atomic E-state index is 12.7. The number of nitrogens with one attached hydrogen (secondary N) is 2. The number of thiol groups is 1. The summed E-state index contributed by atoms with van der Waals surface area (Å²) in [6, 6.07) is -4.74. The van der Waals surface area contributed by atoms with Gasteiger partial charge in [-0.15, -0.1) is 0 Å². The molecule has 164 valence electrons. The van der Waals surface area contributed by atoms with Gasteiger partial charge in [0.2, 0.25) is 17.7 Å². The van der Waals surface area contributed by atoms with Gasteiger partial charge in [-0.3, -0.25) is 19.2 Å². The van der Waals surface area contributed by atoms with Crippen LogP contribution in [0.4, 0.5) is 0 Å². The van der Waals surface area contributed by atoms with E-state index in [1.807, 2.05) is 0 Å². The Morgan fingerprint density at radius 3 is 2.31 bits per heavy atom. The molecule has 1 saturated heterocycles. The van der Waals surface area contributed by atoms with Crippen molar-refractivity contribution in [2.75, 3.05) is 18.9 Å². The molecule has 1 heterocycles. The van der Waals surface area contributed by atoms with Crippen molar-refractivity contribution in [1.29, 1.82) is 0 Å². The molecule has 0 aromatic carbocycles. The zero-order valence-electron chi connectivity index (χ0n) is 15.6. The highest BCUT2D eigenvalue weighted by atomic mass is 32.1. The Bertz CT molecular complexity index is 646. The number of aliphatic hydroxyl groups excluding tert-OH is 1. The van der Waals surface area contributed by atoms with Gasteiger partial charge in [-0.2, -0.15) is 12.6 Å². The Balaban J connectivity index is 2.89. The first-order valence-electron chi connectivity index (χ1n) is 8.95. The third-order valence-corrected chi connectivity index (χ3v) is 4.79. The highest BCUT2D eigenvalue weighted by Crippen LogP contribution is 2.18. The molecule has 0 spiro atoms. The van der Waals surface area contributed by atoms with E-state index < -0.39 is 66.9 Å². The summed E-state index contributed by atoms with van der Waals surface area (Å²) in [5, 5.41) is 31.5. The summed E-state index contributed by atoms with van der Waals surface area (Å²) in [4.78, 5) is 60.4. The van der Waals surface area contributed by atoms with Crippen molar-refractivity contribution in [3.63, 3.8) is 0 Å². The summed E-state index contributed by atoms with van der Waals surface area (Å²) in [6.45, 7) is -0.342. The molecule has 1 aliphatic rings. The third kappa shape index (κ3) is 7.18. The minimum absolute atomic E-state index is 0.204. The summed E-state index contributed by atoms with van der Waals surface area (Å²) < 4.78 is 0. The molecule has 4 unspecified atom stereocenters. The van der Waals surface area contributed by atoms with Crippen molar-refractivity contribution in [3.8, 4) is 0 Å². The van der Waals surface area contributed by atoms with Gasteiger partial charge in [0.05, 0.1) is 6.61 Å². The number of rotatable bonds is 11. The second-order valence-electron chi connectivity index (χ2n) is 6.55. The molecule has 12 nitrogen and oxygen atoms in total. The molecular formula is C16H26N4O8S. The number of amides is 3.